The van der Waals surface area contributed by atoms with Gasteiger partial charge in [-0.3, -0.25) is 4.79 Å². The molecule has 190 valence electrons. The van der Waals surface area contributed by atoms with Gasteiger partial charge < -0.3 is 24.4 Å². The number of benzene rings is 1. The van der Waals surface area contributed by atoms with Crippen molar-refractivity contribution < 1.29 is 28.2 Å². The van der Waals surface area contributed by atoms with E-state index >= 15 is 4.39 Å². The maximum Gasteiger partial charge on any atom is 0.305 e. The van der Waals surface area contributed by atoms with Gasteiger partial charge in [-0.2, -0.15) is 0 Å². The number of nitrogens with zero attached hydrogens (tertiary/aromatic N) is 3. The molecule has 0 saturated carbocycles. The molecule has 0 bridgehead atoms. The summed E-state index contributed by atoms with van der Waals surface area (Å²) in [7, 11) is 1.55. The molecule has 0 spiro atoms. The van der Waals surface area contributed by atoms with Gasteiger partial charge in [0.15, 0.2) is 11.6 Å². The molecule has 1 aromatic heterocycles. The van der Waals surface area contributed by atoms with Gasteiger partial charge in [0.2, 0.25) is 5.88 Å². The molecule has 3 heterocycles. The van der Waals surface area contributed by atoms with Crippen LogP contribution in [0.5, 0.6) is 11.6 Å². The number of hydrogen-bond acceptors (Lipinski definition) is 6. The number of aliphatic carboxylic acids is 1. The molecule has 2 aliphatic heterocycles. The Morgan fingerprint density at radius 3 is 2.71 bits per heavy atom. The molecule has 2 unspecified atom stereocenters. The van der Waals surface area contributed by atoms with E-state index in [1.165, 1.54) is 6.07 Å². The fourth-order valence-electron chi connectivity index (χ4n) is 4.99. The number of methoxy groups -OCH3 is 1. The molecule has 0 amide bonds. The van der Waals surface area contributed by atoms with Gasteiger partial charge in [-0.05, 0) is 12.1 Å². The van der Waals surface area contributed by atoms with Crippen molar-refractivity contribution in [2.45, 2.75) is 45.0 Å². The minimum atomic E-state index is -1.17. The van der Waals surface area contributed by atoms with Gasteiger partial charge in [0.25, 0.3) is 0 Å². The molecular weight excluding hydrogens is 480 g/mol. The Balaban J connectivity index is 1.44. The van der Waals surface area contributed by atoms with Crippen molar-refractivity contribution in [3.63, 3.8) is 0 Å². The van der Waals surface area contributed by atoms with Crippen LogP contribution in [0.1, 0.15) is 26.7 Å². The van der Waals surface area contributed by atoms with E-state index in [1.807, 2.05) is 6.92 Å². The summed E-state index contributed by atoms with van der Waals surface area (Å²) in [6.45, 7) is 5.10. The highest BCUT2D eigenvalue weighted by molar-refractivity contribution is 6.33. The van der Waals surface area contributed by atoms with Crippen LogP contribution in [0.25, 0.3) is 0 Å². The maximum atomic E-state index is 15.0. The number of ether oxygens (including phenoxy) is 2. The predicted molar refractivity (Wildman–Crippen MR) is 130 cm³/mol. The SMILES string of the molecule is COc1cc(N2CCC(Oc3ccc(N4C[C@H](F)[C@@H](C)[C@@H]4CC(=O)O)cc3F)C(C)C2)c(Cl)cn1. The second kappa shape index (κ2) is 10.4. The van der Waals surface area contributed by atoms with Gasteiger partial charge in [-0.1, -0.05) is 25.4 Å². The summed E-state index contributed by atoms with van der Waals surface area (Å²) in [5.74, 6) is -1.32. The molecule has 0 aliphatic carbocycles. The van der Waals surface area contributed by atoms with Gasteiger partial charge in [-0.15, -0.1) is 0 Å². The third kappa shape index (κ3) is 5.39. The number of carboxylic acid groups (broad SMARTS) is 1. The summed E-state index contributed by atoms with van der Waals surface area (Å²) in [5.41, 5.74) is 1.29. The number of pyridine rings is 1. The largest absolute Gasteiger partial charge is 0.487 e. The van der Waals surface area contributed by atoms with Gasteiger partial charge >= 0.3 is 5.97 Å². The van der Waals surface area contributed by atoms with Gasteiger partial charge in [-0.25, -0.2) is 13.8 Å². The van der Waals surface area contributed by atoms with Crippen molar-refractivity contribution in [2.75, 3.05) is 36.5 Å². The first-order chi connectivity index (χ1) is 16.7. The third-order valence-electron chi connectivity index (χ3n) is 7.04. The van der Waals surface area contributed by atoms with E-state index < -0.39 is 29.9 Å². The summed E-state index contributed by atoms with van der Waals surface area (Å²) < 4.78 is 40.6. The number of alkyl halides is 1. The van der Waals surface area contributed by atoms with Crippen LogP contribution >= 0.6 is 11.6 Å². The lowest BCUT2D eigenvalue weighted by Crippen LogP contribution is -2.44. The number of halogens is 3. The van der Waals surface area contributed by atoms with E-state index in [1.54, 1.807) is 43.3 Å². The minimum absolute atomic E-state index is 0.0383. The van der Waals surface area contributed by atoms with Crippen LogP contribution in [0.15, 0.2) is 30.5 Å². The molecule has 10 heteroatoms. The average Bonchev–Trinajstić information content (AvgIpc) is 3.10. The van der Waals surface area contributed by atoms with E-state index in [4.69, 9.17) is 21.1 Å². The highest BCUT2D eigenvalue weighted by Gasteiger charge is 2.40. The highest BCUT2D eigenvalue weighted by Crippen LogP contribution is 2.37. The molecular formula is C25H30ClF2N3O4. The summed E-state index contributed by atoms with van der Waals surface area (Å²) in [5, 5.41) is 9.75. The number of piperidine rings is 1. The van der Waals surface area contributed by atoms with Crippen LogP contribution in [-0.2, 0) is 4.79 Å². The highest BCUT2D eigenvalue weighted by atomic mass is 35.5. The zero-order valence-electron chi connectivity index (χ0n) is 20.0. The lowest BCUT2D eigenvalue weighted by Gasteiger charge is -2.38. The molecule has 0 radical (unpaired) electrons. The first-order valence-corrected chi connectivity index (χ1v) is 12.1. The first-order valence-electron chi connectivity index (χ1n) is 11.7. The summed E-state index contributed by atoms with van der Waals surface area (Å²) >= 11 is 6.35. The summed E-state index contributed by atoms with van der Waals surface area (Å²) in [6.07, 6.45) is 0.657. The molecule has 7 nitrogen and oxygen atoms in total. The molecule has 4 rings (SSSR count). The fraction of sp³-hybridized carbons (Fsp3) is 0.520. The van der Waals surface area contributed by atoms with Crippen LogP contribution in [0.2, 0.25) is 5.02 Å². The standard InChI is InChI=1S/C25H30ClF2N3O4/c1-14-12-30(21-9-24(34-3)29-11-17(21)26)7-6-22(14)35-23-5-4-16(8-18(23)27)31-13-19(28)15(2)20(31)10-25(32)33/h4-5,8-9,11,14-15,19-20,22H,6-7,10,12-13H2,1-3H3,(H,32,33)/t14?,15-,19+,20+,22?/m1/s1. The predicted octanol–water partition coefficient (Wildman–Crippen LogP) is 4.81. The van der Waals surface area contributed by atoms with Crippen molar-refractivity contribution in [3.8, 4) is 11.6 Å². The Hall–Kier alpha value is -2.81. The third-order valence-corrected chi connectivity index (χ3v) is 7.34. The lowest BCUT2D eigenvalue weighted by molar-refractivity contribution is -0.137. The second-order valence-corrected chi connectivity index (χ2v) is 9.76. The first kappa shape index (κ1) is 25.3. The molecule has 1 N–H and O–H groups in total. The van der Waals surface area contributed by atoms with E-state index in [-0.39, 0.29) is 30.7 Å². The van der Waals surface area contributed by atoms with Gasteiger partial charge in [0, 0.05) is 61.8 Å². The van der Waals surface area contributed by atoms with Gasteiger partial charge in [0.05, 0.1) is 30.4 Å². The topological polar surface area (TPSA) is 75.1 Å². The number of anilines is 2. The van der Waals surface area contributed by atoms with E-state index in [9.17, 15) is 14.3 Å². The zero-order chi connectivity index (χ0) is 25.3. The molecule has 2 aliphatic rings. The molecule has 2 aromatic rings. The van der Waals surface area contributed by atoms with Crippen LogP contribution in [0.4, 0.5) is 20.2 Å². The maximum absolute atomic E-state index is 15.0. The van der Waals surface area contributed by atoms with Crippen molar-refractivity contribution in [1.29, 1.82) is 0 Å². The monoisotopic (exact) mass is 509 g/mol. The van der Waals surface area contributed by atoms with Crippen molar-refractivity contribution >= 4 is 28.9 Å². The zero-order valence-corrected chi connectivity index (χ0v) is 20.7. The normalized spacial score (nSPS) is 26.6. The molecule has 2 fully saturated rings. The quantitative estimate of drug-likeness (QED) is 0.574. The number of rotatable bonds is 7. The molecule has 35 heavy (non-hydrogen) atoms. The number of hydrogen-bond donors (Lipinski definition) is 1. The number of aromatic nitrogens is 1. The Morgan fingerprint density at radius 1 is 1.29 bits per heavy atom. The fourth-order valence-corrected chi connectivity index (χ4v) is 5.22. The number of carbonyl (C=O) groups is 1. The molecule has 2 saturated heterocycles. The Bertz CT molecular complexity index is 1080. The molecule has 5 atom stereocenters. The van der Waals surface area contributed by atoms with E-state index in [2.05, 4.69) is 9.88 Å². The summed E-state index contributed by atoms with van der Waals surface area (Å²) in [4.78, 5) is 19.2. The lowest BCUT2D eigenvalue weighted by atomic mass is 9.96. The Kier molecular flexibility index (Phi) is 7.54. The van der Waals surface area contributed by atoms with Crippen molar-refractivity contribution in [2.24, 2.45) is 11.8 Å². The van der Waals surface area contributed by atoms with Gasteiger partial charge in [0.1, 0.15) is 12.3 Å². The second-order valence-electron chi connectivity index (χ2n) is 9.35. The van der Waals surface area contributed by atoms with Crippen molar-refractivity contribution in [3.05, 3.63) is 41.3 Å². The summed E-state index contributed by atoms with van der Waals surface area (Å²) in [6, 6.07) is 5.78. The number of carboxylic acids is 1. The van der Waals surface area contributed by atoms with Crippen LogP contribution in [0, 0.1) is 17.7 Å². The smallest absolute Gasteiger partial charge is 0.305 e. The Labute approximate surface area is 208 Å². The van der Waals surface area contributed by atoms with Crippen molar-refractivity contribution in [1.82, 2.24) is 4.98 Å². The van der Waals surface area contributed by atoms with Crippen LogP contribution in [-0.4, -0.2) is 61.1 Å². The van der Waals surface area contributed by atoms with E-state index in [0.717, 1.165) is 5.69 Å². The average molecular weight is 510 g/mol. The Morgan fingerprint density at radius 2 is 2.06 bits per heavy atom. The minimum Gasteiger partial charge on any atom is -0.487 e. The van der Waals surface area contributed by atoms with Crippen LogP contribution < -0.4 is 19.3 Å². The molecule has 1 aromatic carbocycles. The van der Waals surface area contributed by atoms with Crippen LogP contribution in [0.3, 0.4) is 0 Å². The van der Waals surface area contributed by atoms with E-state index in [0.29, 0.717) is 36.1 Å².